The van der Waals surface area contributed by atoms with E-state index in [4.69, 9.17) is 4.74 Å². The number of hydrogen-bond donors (Lipinski definition) is 4. The normalized spacial score (nSPS) is 11.4. The topological polar surface area (TPSA) is 107 Å². The van der Waals surface area contributed by atoms with E-state index in [0.29, 0.717) is 37.7 Å². The lowest BCUT2D eigenvalue weighted by atomic mass is 10.1. The summed E-state index contributed by atoms with van der Waals surface area (Å²) in [6, 6.07) is 7.51. The van der Waals surface area contributed by atoms with Crippen LogP contribution >= 0.6 is 24.0 Å². The fraction of sp³-hybridized carbons (Fsp3) is 0.591. The van der Waals surface area contributed by atoms with Crippen molar-refractivity contribution in [3.05, 3.63) is 35.4 Å². The number of hydrogen-bond acceptors (Lipinski definition) is 5. The quantitative estimate of drug-likeness (QED) is 0.151. The lowest BCUT2D eigenvalue weighted by Gasteiger charge is -2.19. The van der Waals surface area contributed by atoms with Gasteiger partial charge in [0.15, 0.2) is 5.96 Å². The van der Waals surface area contributed by atoms with Gasteiger partial charge in [0.1, 0.15) is 5.60 Å². The van der Waals surface area contributed by atoms with Crippen LogP contribution < -0.4 is 21.3 Å². The molecule has 0 unspecified atom stereocenters. The Balaban J connectivity index is 0.00000961. The number of nitrogens with one attached hydrogen (secondary N) is 4. The molecule has 0 saturated heterocycles. The van der Waals surface area contributed by atoms with E-state index in [1.807, 2.05) is 58.0 Å². The predicted octanol–water partition coefficient (Wildman–Crippen LogP) is 2.18. The van der Waals surface area contributed by atoms with Crippen LogP contribution in [0.5, 0.6) is 0 Å². The Morgan fingerprint density at radius 2 is 1.72 bits per heavy atom. The molecule has 2 amide bonds. The van der Waals surface area contributed by atoms with Crippen LogP contribution in [0, 0.1) is 0 Å². The first-order valence-corrected chi connectivity index (χ1v) is 10.5. The first-order chi connectivity index (χ1) is 14.6. The second-order valence-electron chi connectivity index (χ2n) is 8.39. The number of benzene rings is 1. The SMILES string of the molecule is CN=C(NCCCNC(=O)OC(C)(C)C)NCc1cccc(C(=O)NCCN(C)C)c1.I. The number of rotatable bonds is 10. The molecular formula is C22H39IN6O3. The fourth-order valence-corrected chi connectivity index (χ4v) is 2.52. The molecule has 0 aliphatic heterocycles. The number of amides is 2. The van der Waals surface area contributed by atoms with Crippen molar-refractivity contribution in [2.75, 3.05) is 47.3 Å². The third-order valence-electron chi connectivity index (χ3n) is 4.03. The summed E-state index contributed by atoms with van der Waals surface area (Å²) >= 11 is 0. The van der Waals surface area contributed by atoms with E-state index in [9.17, 15) is 9.59 Å². The van der Waals surface area contributed by atoms with Gasteiger partial charge in [0.05, 0.1) is 0 Å². The minimum atomic E-state index is -0.501. The number of aliphatic imine (C=N–C) groups is 1. The summed E-state index contributed by atoms with van der Waals surface area (Å²) in [5, 5.41) is 12.1. The van der Waals surface area contributed by atoms with Crippen molar-refractivity contribution in [2.45, 2.75) is 39.3 Å². The van der Waals surface area contributed by atoms with Gasteiger partial charge in [-0.25, -0.2) is 4.79 Å². The molecule has 9 nitrogen and oxygen atoms in total. The van der Waals surface area contributed by atoms with Crippen molar-refractivity contribution in [1.29, 1.82) is 0 Å². The summed E-state index contributed by atoms with van der Waals surface area (Å²) < 4.78 is 5.20. The van der Waals surface area contributed by atoms with Crippen molar-refractivity contribution >= 4 is 41.9 Å². The smallest absolute Gasteiger partial charge is 0.407 e. The maximum Gasteiger partial charge on any atom is 0.407 e. The zero-order chi connectivity index (χ0) is 23.3. The second-order valence-corrected chi connectivity index (χ2v) is 8.39. The number of guanidine groups is 1. The average molecular weight is 562 g/mol. The molecule has 182 valence electrons. The minimum absolute atomic E-state index is 0. The van der Waals surface area contributed by atoms with E-state index in [1.54, 1.807) is 13.1 Å². The van der Waals surface area contributed by atoms with Gasteiger partial charge in [-0.15, -0.1) is 24.0 Å². The van der Waals surface area contributed by atoms with E-state index in [-0.39, 0.29) is 29.9 Å². The summed E-state index contributed by atoms with van der Waals surface area (Å²) in [6.07, 6.45) is 0.309. The average Bonchev–Trinajstić information content (AvgIpc) is 2.68. The van der Waals surface area contributed by atoms with Crippen LogP contribution in [0.25, 0.3) is 0 Å². The number of alkyl carbamates (subject to hydrolysis) is 1. The number of likely N-dealkylation sites (N-methyl/N-ethyl adjacent to an activating group) is 1. The zero-order valence-electron chi connectivity index (χ0n) is 20.1. The molecule has 0 saturated carbocycles. The van der Waals surface area contributed by atoms with Gasteiger partial charge in [0, 0.05) is 45.3 Å². The first kappa shape index (κ1) is 29.9. The van der Waals surface area contributed by atoms with Gasteiger partial charge in [-0.3, -0.25) is 9.79 Å². The molecule has 1 aromatic carbocycles. The number of halogens is 1. The van der Waals surface area contributed by atoms with Crippen LogP contribution in [-0.2, 0) is 11.3 Å². The molecule has 0 aromatic heterocycles. The molecule has 32 heavy (non-hydrogen) atoms. The maximum atomic E-state index is 12.3. The third-order valence-corrected chi connectivity index (χ3v) is 4.03. The van der Waals surface area contributed by atoms with E-state index < -0.39 is 11.7 Å². The highest BCUT2D eigenvalue weighted by Gasteiger charge is 2.15. The number of carbonyl (C=O) groups excluding carboxylic acids is 2. The van der Waals surface area contributed by atoms with Gasteiger partial charge in [0.25, 0.3) is 5.91 Å². The Morgan fingerprint density at radius 1 is 1.03 bits per heavy atom. The Bertz CT molecular complexity index is 735. The van der Waals surface area contributed by atoms with Crippen molar-refractivity contribution in [1.82, 2.24) is 26.2 Å². The van der Waals surface area contributed by atoms with E-state index in [1.165, 1.54) is 0 Å². The molecule has 0 heterocycles. The highest BCUT2D eigenvalue weighted by atomic mass is 127. The van der Waals surface area contributed by atoms with E-state index in [2.05, 4.69) is 26.3 Å². The summed E-state index contributed by atoms with van der Waals surface area (Å²) in [7, 11) is 5.64. The monoisotopic (exact) mass is 562 g/mol. The van der Waals surface area contributed by atoms with Crippen molar-refractivity contribution in [3.63, 3.8) is 0 Å². The van der Waals surface area contributed by atoms with Gasteiger partial charge in [-0.1, -0.05) is 12.1 Å². The maximum absolute atomic E-state index is 12.3. The van der Waals surface area contributed by atoms with Crippen molar-refractivity contribution in [3.8, 4) is 0 Å². The largest absolute Gasteiger partial charge is 0.444 e. The molecule has 0 radical (unpaired) electrons. The summed E-state index contributed by atoms with van der Waals surface area (Å²) in [5.41, 5.74) is 1.11. The number of carbonyl (C=O) groups is 2. The van der Waals surface area contributed by atoms with Crippen LogP contribution in [0.2, 0.25) is 0 Å². The fourth-order valence-electron chi connectivity index (χ4n) is 2.52. The molecule has 0 aliphatic rings. The second kappa shape index (κ2) is 15.7. The molecule has 1 aromatic rings. The zero-order valence-corrected chi connectivity index (χ0v) is 22.4. The standard InChI is InChI=1S/C22H38N6O3.HI/c1-22(2,3)31-21(30)26-12-8-11-25-20(23-4)27-16-17-9-7-10-18(15-17)19(29)24-13-14-28(5)6;/h7,9-10,15H,8,11-14,16H2,1-6H3,(H,24,29)(H,26,30)(H2,23,25,27);1H. The van der Waals surface area contributed by atoms with E-state index in [0.717, 1.165) is 18.5 Å². The Morgan fingerprint density at radius 3 is 2.34 bits per heavy atom. The number of nitrogens with zero attached hydrogens (tertiary/aromatic N) is 2. The van der Waals surface area contributed by atoms with Crippen LogP contribution in [0.3, 0.4) is 0 Å². The molecule has 0 atom stereocenters. The van der Waals surface area contributed by atoms with Crippen LogP contribution in [0.15, 0.2) is 29.3 Å². The van der Waals surface area contributed by atoms with Gasteiger partial charge in [-0.2, -0.15) is 0 Å². The van der Waals surface area contributed by atoms with Gasteiger partial charge < -0.3 is 30.9 Å². The lowest BCUT2D eigenvalue weighted by Crippen LogP contribution is -2.39. The molecule has 0 spiro atoms. The molecule has 4 N–H and O–H groups in total. The Labute approximate surface area is 209 Å². The molecule has 0 aliphatic carbocycles. The molecule has 0 bridgehead atoms. The molecule has 10 heteroatoms. The summed E-state index contributed by atoms with van der Waals surface area (Å²) in [6.45, 7) is 8.57. The van der Waals surface area contributed by atoms with Crippen LogP contribution in [0.1, 0.15) is 43.1 Å². The van der Waals surface area contributed by atoms with Crippen molar-refractivity contribution in [2.24, 2.45) is 4.99 Å². The predicted molar refractivity (Wildman–Crippen MR) is 140 cm³/mol. The lowest BCUT2D eigenvalue weighted by molar-refractivity contribution is 0.0527. The van der Waals surface area contributed by atoms with Gasteiger partial charge in [0.2, 0.25) is 0 Å². The van der Waals surface area contributed by atoms with Crippen LogP contribution in [0.4, 0.5) is 4.79 Å². The molecular weight excluding hydrogens is 523 g/mol. The van der Waals surface area contributed by atoms with Gasteiger partial charge in [-0.05, 0) is 59.0 Å². The Hall–Kier alpha value is -2.08. The number of ether oxygens (including phenoxy) is 1. The highest BCUT2D eigenvalue weighted by molar-refractivity contribution is 14.0. The highest BCUT2D eigenvalue weighted by Crippen LogP contribution is 2.06. The Kier molecular flexibility index (Phi) is 14.7. The minimum Gasteiger partial charge on any atom is -0.444 e. The summed E-state index contributed by atoms with van der Waals surface area (Å²) in [4.78, 5) is 30.1. The molecule has 1 rings (SSSR count). The summed E-state index contributed by atoms with van der Waals surface area (Å²) in [5.74, 6) is 0.571. The van der Waals surface area contributed by atoms with Gasteiger partial charge >= 0.3 is 6.09 Å². The van der Waals surface area contributed by atoms with E-state index >= 15 is 0 Å². The third kappa shape index (κ3) is 14.1. The van der Waals surface area contributed by atoms with Crippen molar-refractivity contribution < 1.29 is 14.3 Å². The first-order valence-electron chi connectivity index (χ1n) is 10.5. The van der Waals surface area contributed by atoms with Crippen LogP contribution in [-0.4, -0.2) is 75.8 Å². The molecule has 0 fully saturated rings.